The zero-order chi connectivity index (χ0) is 15.7. The van der Waals surface area contributed by atoms with Crippen LogP contribution < -0.4 is 15.8 Å². The first-order chi connectivity index (χ1) is 10.4. The fraction of sp³-hybridized carbons (Fsp3) is 0.278. The van der Waals surface area contributed by atoms with E-state index in [0.29, 0.717) is 17.7 Å². The van der Waals surface area contributed by atoms with Crippen LogP contribution in [-0.4, -0.2) is 11.5 Å². The number of hydrogen-bond acceptors (Lipinski definition) is 3. The second kappa shape index (κ2) is 5.37. The van der Waals surface area contributed by atoms with Crippen molar-refractivity contribution in [1.82, 2.24) is 5.32 Å². The highest BCUT2D eigenvalue weighted by Crippen LogP contribution is 2.40. The van der Waals surface area contributed by atoms with Gasteiger partial charge < -0.3 is 15.8 Å². The molecule has 114 valence electrons. The van der Waals surface area contributed by atoms with Crippen LogP contribution in [0.1, 0.15) is 42.2 Å². The van der Waals surface area contributed by atoms with Gasteiger partial charge in [0.2, 0.25) is 0 Å². The Hall–Kier alpha value is -2.49. The predicted molar refractivity (Wildman–Crippen MR) is 86.8 cm³/mol. The van der Waals surface area contributed by atoms with Crippen molar-refractivity contribution in [3.8, 4) is 5.75 Å². The molecule has 0 bridgehead atoms. The largest absolute Gasteiger partial charge is 0.487 e. The molecule has 1 aliphatic rings. The minimum atomic E-state index is -0.336. The summed E-state index contributed by atoms with van der Waals surface area (Å²) in [7, 11) is 0. The van der Waals surface area contributed by atoms with Crippen LogP contribution in [0.3, 0.4) is 0 Å². The lowest BCUT2D eigenvalue weighted by Gasteiger charge is -2.38. The number of amides is 1. The van der Waals surface area contributed by atoms with Gasteiger partial charge in [-0.3, -0.25) is 4.79 Å². The molecule has 1 atom stereocenters. The lowest BCUT2D eigenvalue weighted by atomic mass is 9.89. The van der Waals surface area contributed by atoms with Gasteiger partial charge in [0.05, 0.1) is 6.04 Å². The average Bonchev–Trinajstić information content (AvgIpc) is 2.48. The first-order valence-electron chi connectivity index (χ1n) is 7.39. The Morgan fingerprint density at radius 1 is 1.23 bits per heavy atom. The van der Waals surface area contributed by atoms with E-state index in [4.69, 9.17) is 10.5 Å². The van der Waals surface area contributed by atoms with Crippen LogP contribution in [0.25, 0.3) is 0 Å². The highest BCUT2D eigenvalue weighted by Gasteiger charge is 2.34. The Kier molecular flexibility index (Phi) is 3.53. The third-order valence-corrected chi connectivity index (χ3v) is 3.83. The number of nitrogen functional groups attached to an aromatic ring is 1. The molecule has 0 saturated heterocycles. The number of nitrogens with one attached hydrogen (secondary N) is 1. The first-order valence-corrected chi connectivity index (χ1v) is 7.39. The van der Waals surface area contributed by atoms with Gasteiger partial charge >= 0.3 is 0 Å². The minimum Gasteiger partial charge on any atom is -0.487 e. The number of anilines is 1. The van der Waals surface area contributed by atoms with Crippen molar-refractivity contribution >= 4 is 11.6 Å². The molecule has 1 amide bonds. The number of nitrogens with two attached hydrogens (primary N) is 1. The SMILES string of the molecule is CC1(C)CC(NC(=O)c2ccccc2)c2cc(N)ccc2O1. The lowest BCUT2D eigenvalue weighted by molar-refractivity contribution is 0.0620. The summed E-state index contributed by atoms with van der Waals surface area (Å²) < 4.78 is 5.98. The van der Waals surface area contributed by atoms with Crippen LogP contribution in [0, 0.1) is 0 Å². The highest BCUT2D eigenvalue weighted by atomic mass is 16.5. The molecule has 4 nitrogen and oxygen atoms in total. The maximum Gasteiger partial charge on any atom is 0.251 e. The van der Waals surface area contributed by atoms with E-state index in [1.807, 2.05) is 50.2 Å². The van der Waals surface area contributed by atoms with Crippen LogP contribution in [0.2, 0.25) is 0 Å². The van der Waals surface area contributed by atoms with Gasteiger partial charge in [0.15, 0.2) is 0 Å². The van der Waals surface area contributed by atoms with E-state index in [0.717, 1.165) is 11.3 Å². The predicted octanol–water partition coefficient (Wildman–Crippen LogP) is 3.30. The number of benzene rings is 2. The average molecular weight is 296 g/mol. The monoisotopic (exact) mass is 296 g/mol. The van der Waals surface area contributed by atoms with E-state index in [-0.39, 0.29) is 17.6 Å². The van der Waals surface area contributed by atoms with Crippen LogP contribution >= 0.6 is 0 Å². The molecule has 0 spiro atoms. The molecular formula is C18H20N2O2. The molecular weight excluding hydrogens is 276 g/mol. The molecule has 2 aromatic carbocycles. The molecule has 0 aromatic heterocycles. The fourth-order valence-electron chi connectivity index (χ4n) is 2.83. The van der Waals surface area contributed by atoms with Crippen molar-refractivity contribution in [2.45, 2.75) is 31.9 Å². The van der Waals surface area contributed by atoms with Crippen LogP contribution in [0.4, 0.5) is 5.69 Å². The molecule has 1 unspecified atom stereocenters. The summed E-state index contributed by atoms with van der Waals surface area (Å²) in [4.78, 5) is 12.4. The molecule has 1 heterocycles. The molecule has 0 radical (unpaired) electrons. The van der Waals surface area contributed by atoms with Crippen molar-refractivity contribution < 1.29 is 9.53 Å². The molecule has 4 heteroatoms. The molecule has 0 fully saturated rings. The van der Waals surface area contributed by atoms with Crippen LogP contribution in [-0.2, 0) is 0 Å². The maximum absolute atomic E-state index is 12.4. The van der Waals surface area contributed by atoms with E-state index in [9.17, 15) is 4.79 Å². The number of fused-ring (bicyclic) bond motifs is 1. The Morgan fingerprint density at radius 3 is 2.68 bits per heavy atom. The summed E-state index contributed by atoms with van der Waals surface area (Å²) in [5.41, 5.74) is 7.80. The molecule has 0 saturated carbocycles. The van der Waals surface area contributed by atoms with Crippen molar-refractivity contribution in [2.75, 3.05) is 5.73 Å². The standard InChI is InChI=1S/C18H20N2O2/c1-18(2)11-15(14-10-13(19)8-9-16(14)22-18)20-17(21)12-6-4-3-5-7-12/h3-10,15H,11,19H2,1-2H3,(H,20,21). The Balaban J connectivity index is 1.90. The molecule has 1 aliphatic heterocycles. The Morgan fingerprint density at radius 2 is 1.95 bits per heavy atom. The van der Waals surface area contributed by atoms with Crippen molar-refractivity contribution in [2.24, 2.45) is 0 Å². The van der Waals surface area contributed by atoms with Gasteiger partial charge in [0, 0.05) is 23.2 Å². The summed E-state index contributed by atoms with van der Waals surface area (Å²) in [5.74, 6) is 0.695. The maximum atomic E-state index is 12.4. The van der Waals surface area contributed by atoms with Gasteiger partial charge in [0.1, 0.15) is 11.4 Å². The molecule has 3 N–H and O–H groups in total. The number of carbonyl (C=O) groups excluding carboxylic acids is 1. The zero-order valence-corrected chi connectivity index (χ0v) is 12.8. The third-order valence-electron chi connectivity index (χ3n) is 3.83. The van der Waals surface area contributed by atoms with E-state index >= 15 is 0 Å². The Bertz CT molecular complexity index is 695. The number of ether oxygens (including phenoxy) is 1. The van der Waals surface area contributed by atoms with Gasteiger partial charge in [-0.1, -0.05) is 18.2 Å². The van der Waals surface area contributed by atoms with Crippen molar-refractivity contribution in [1.29, 1.82) is 0 Å². The van der Waals surface area contributed by atoms with Crippen LogP contribution in [0.5, 0.6) is 5.75 Å². The zero-order valence-electron chi connectivity index (χ0n) is 12.8. The summed E-state index contributed by atoms with van der Waals surface area (Å²) in [6.07, 6.45) is 0.696. The van der Waals surface area contributed by atoms with E-state index in [1.54, 1.807) is 12.1 Å². The normalized spacial score (nSPS) is 18.9. The highest BCUT2D eigenvalue weighted by molar-refractivity contribution is 5.94. The topological polar surface area (TPSA) is 64.4 Å². The summed E-state index contributed by atoms with van der Waals surface area (Å²) in [6.45, 7) is 4.04. The summed E-state index contributed by atoms with van der Waals surface area (Å²) in [6, 6.07) is 14.7. The molecule has 0 aliphatic carbocycles. The van der Waals surface area contributed by atoms with Crippen molar-refractivity contribution in [3.63, 3.8) is 0 Å². The smallest absolute Gasteiger partial charge is 0.251 e. The fourth-order valence-corrected chi connectivity index (χ4v) is 2.83. The van der Waals surface area contributed by atoms with Crippen molar-refractivity contribution in [3.05, 3.63) is 59.7 Å². The first kappa shape index (κ1) is 14.4. The molecule has 22 heavy (non-hydrogen) atoms. The lowest BCUT2D eigenvalue weighted by Crippen LogP contribution is -2.41. The number of hydrogen-bond donors (Lipinski definition) is 2. The second-order valence-corrected chi connectivity index (χ2v) is 6.26. The van der Waals surface area contributed by atoms with E-state index in [2.05, 4.69) is 5.32 Å². The summed E-state index contributed by atoms with van der Waals surface area (Å²) >= 11 is 0. The Labute approximate surface area is 130 Å². The van der Waals surface area contributed by atoms with E-state index in [1.165, 1.54) is 0 Å². The minimum absolute atomic E-state index is 0.0864. The van der Waals surface area contributed by atoms with Gasteiger partial charge in [0.25, 0.3) is 5.91 Å². The van der Waals surface area contributed by atoms with Gasteiger partial charge in [-0.25, -0.2) is 0 Å². The van der Waals surface area contributed by atoms with E-state index < -0.39 is 0 Å². The number of rotatable bonds is 2. The molecule has 2 aromatic rings. The summed E-state index contributed by atoms with van der Waals surface area (Å²) in [5, 5.41) is 3.10. The van der Waals surface area contributed by atoms with Crippen LogP contribution in [0.15, 0.2) is 48.5 Å². The second-order valence-electron chi connectivity index (χ2n) is 6.26. The van der Waals surface area contributed by atoms with Gasteiger partial charge in [-0.05, 0) is 44.2 Å². The molecule has 3 rings (SSSR count). The van der Waals surface area contributed by atoms with Gasteiger partial charge in [-0.15, -0.1) is 0 Å². The number of carbonyl (C=O) groups is 1. The quantitative estimate of drug-likeness (QED) is 0.836. The van der Waals surface area contributed by atoms with Gasteiger partial charge in [-0.2, -0.15) is 0 Å². The third kappa shape index (κ3) is 2.91.